The summed E-state index contributed by atoms with van der Waals surface area (Å²) in [6.45, 7) is 1.62. The smallest absolute Gasteiger partial charge is 0.119 e. The van der Waals surface area contributed by atoms with Crippen molar-refractivity contribution in [1.82, 2.24) is 5.43 Å². The van der Waals surface area contributed by atoms with E-state index in [1.807, 2.05) is 18.2 Å². The van der Waals surface area contributed by atoms with E-state index in [-0.39, 0.29) is 6.04 Å². The van der Waals surface area contributed by atoms with Gasteiger partial charge in [-0.3, -0.25) is 11.3 Å². The number of halogens is 1. The summed E-state index contributed by atoms with van der Waals surface area (Å²) in [5.41, 5.74) is 4.08. The molecule has 2 rings (SSSR count). The van der Waals surface area contributed by atoms with Gasteiger partial charge in [0.2, 0.25) is 0 Å². The van der Waals surface area contributed by atoms with E-state index in [0.717, 1.165) is 41.8 Å². The van der Waals surface area contributed by atoms with Crippen LogP contribution in [0.1, 0.15) is 24.4 Å². The van der Waals surface area contributed by atoms with Crippen LogP contribution in [0.3, 0.4) is 0 Å². The number of hydrogen-bond acceptors (Lipinski definition) is 4. The molecule has 5 heteroatoms. The summed E-state index contributed by atoms with van der Waals surface area (Å²) in [6.07, 6.45) is 2.05. The summed E-state index contributed by atoms with van der Waals surface area (Å²) in [6, 6.07) is 6.09. The highest BCUT2D eigenvalue weighted by Crippen LogP contribution is 2.35. The SMILES string of the molecule is COc1ccc(Br)c(C(NN)C2CCOCC2)c1. The fourth-order valence-corrected chi connectivity index (χ4v) is 2.91. The Kier molecular flexibility index (Phi) is 5.00. The van der Waals surface area contributed by atoms with Crippen LogP contribution < -0.4 is 16.0 Å². The molecule has 1 saturated heterocycles. The number of nitrogens with two attached hydrogens (primary N) is 1. The van der Waals surface area contributed by atoms with E-state index in [9.17, 15) is 0 Å². The number of ether oxygens (including phenoxy) is 2. The van der Waals surface area contributed by atoms with Crippen molar-refractivity contribution < 1.29 is 9.47 Å². The minimum Gasteiger partial charge on any atom is -0.497 e. The minimum absolute atomic E-state index is 0.123. The first kappa shape index (κ1) is 13.8. The minimum atomic E-state index is 0.123. The third-order valence-electron chi connectivity index (χ3n) is 3.46. The third kappa shape index (κ3) is 3.03. The number of hydrazine groups is 1. The number of methoxy groups -OCH3 is 1. The highest BCUT2D eigenvalue weighted by Gasteiger charge is 2.26. The van der Waals surface area contributed by atoms with Gasteiger partial charge in [-0.05, 0) is 42.5 Å². The molecule has 0 aromatic heterocycles. The second-order valence-corrected chi connectivity index (χ2v) is 5.34. The summed E-state index contributed by atoms with van der Waals surface area (Å²) in [4.78, 5) is 0. The normalized spacial score (nSPS) is 18.6. The molecule has 1 unspecified atom stereocenters. The standard InChI is InChI=1S/C13H19BrN2O2/c1-17-10-2-3-12(14)11(8-10)13(16-15)9-4-6-18-7-5-9/h2-3,8-9,13,16H,4-7,15H2,1H3. The lowest BCUT2D eigenvalue weighted by molar-refractivity contribution is 0.0535. The molecule has 1 fully saturated rings. The number of hydrogen-bond donors (Lipinski definition) is 2. The summed E-state index contributed by atoms with van der Waals surface area (Å²) in [5.74, 6) is 7.08. The summed E-state index contributed by atoms with van der Waals surface area (Å²) in [5, 5.41) is 0. The zero-order valence-electron chi connectivity index (χ0n) is 10.5. The molecule has 1 atom stereocenters. The Morgan fingerprint density at radius 1 is 1.44 bits per heavy atom. The molecule has 0 amide bonds. The van der Waals surface area contributed by atoms with Gasteiger partial charge in [0.1, 0.15) is 5.75 Å². The average Bonchev–Trinajstić information content (AvgIpc) is 2.43. The van der Waals surface area contributed by atoms with E-state index < -0.39 is 0 Å². The van der Waals surface area contributed by atoms with E-state index in [2.05, 4.69) is 21.4 Å². The molecule has 1 aromatic rings. The van der Waals surface area contributed by atoms with Gasteiger partial charge >= 0.3 is 0 Å². The lowest BCUT2D eigenvalue weighted by Gasteiger charge is -2.30. The van der Waals surface area contributed by atoms with E-state index in [1.54, 1.807) is 7.11 Å². The summed E-state index contributed by atoms with van der Waals surface area (Å²) in [7, 11) is 1.67. The molecule has 1 heterocycles. The van der Waals surface area contributed by atoms with Crippen LogP contribution in [0.5, 0.6) is 5.75 Å². The lowest BCUT2D eigenvalue weighted by Crippen LogP contribution is -2.36. The Bertz CT molecular complexity index is 395. The van der Waals surface area contributed by atoms with Crippen molar-refractivity contribution in [2.24, 2.45) is 11.8 Å². The van der Waals surface area contributed by atoms with Gasteiger partial charge < -0.3 is 9.47 Å². The van der Waals surface area contributed by atoms with Crippen LogP contribution in [-0.2, 0) is 4.74 Å². The van der Waals surface area contributed by atoms with E-state index in [1.165, 1.54) is 0 Å². The number of rotatable bonds is 4. The molecule has 18 heavy (non-hydrogen) atoms. The second-order valence-electron chi connectivity index (χ2n) is 4.48. The number of nitrogens with one attached hydrogen (secondary N) is 1. The van der Waals surface area contributed by atoms with Crippen LogP contribution in [0.15, 0.2) is 22.7 Å². The molecule has 0 bridgehead atoms. The van der Waals surface area contributed by atoms with Crippen LogP contribution in [0, 0.1) is 5.92 Å². The van der Waals surface area contributed by atoms with Gasteiger partial charge in [0, 0.05) is 17.7 Å². The maximum Gasteiger partial charge on any atom is 0.119 e. The number of benzene rings is 1. The van der Waals surface area contributed by atoms with Crippen molar-refractivity contribution in [3.63, 3.8) is 0 Å². The topological polar surface area (TPSA) is 56.5 Å². The van der Waals surface area contributed by atoms with Gasteiger partial charge in [-0.25, -0.2) is 0 Å². The van der Waals surface area contributed by atoms with Gasteiger partial charge in [-0.1, -0.05) is 15.9 Å². The van der Waals surface area contributed by atoms with Crippen LogP contribution >= 0.6 is 15.9 Å². The van der Waals surface area contributed by atoms with Crippen molar-refractivity contribution in [1.29, 1.82) is 0 Å². The third-order valence-corrected chi connectivity index (χ3v) is 4.18. The molecule has 1 aliphatic heterocycles. The largest absolute Gasteiger partial charge is 0.497 e. The Labute approximate surface area is 116 Å². The first-order chi connectivity index (χ1) is 8.76. The highest BCUT2D eigenvalue weighted by molar-refractivity contribution is 9.10. The molecule has 0 aliphatic carbocycles. The van der Waals surface area contributed by atoms with Crippen LogP contribution in [0.2, 0.25) is 0 Å². The van der Waals surface area contributed by atoms with Crippen molar-refractivity contribution in [2.45, 2.75) is 18.9 Å². The zero-order valence-corrected chi connectivity index (χ0v) is 12.1. The van der Waals surface area contributed by atoms with E-state index in [4.69, 9.17) is 15.3 Å². The lowest BCUT2D eigenvalue weighted by atomic mass is 9.87. The first-order valence-corrected chi connectivity index (χ1v) is 6.93. The fourth-order valence-electron chi connectivity index (χ4n) is 2.42. The van der Waals surface area contributed by atoms with Crippen molar-refractivity contribution in [3.8, 4) is 5.75 Å². The average molecular weight is 315 g/mol. The predicted molar refractivity (Wildman–Crippen MR) is 74.3 cm³/mol. The monoisotopic (exact) mass is 314 g/mol. The summed E-state index contributed by atoms with van der Waals surface area (Å²) >= 11 is 3.59. The Balaban J connectivity index is 2.25. The van der Waals surface area contributed by atoms with Crippen molar-refractivity contribution in [2.75, 3.05) is 20.3 Å². The molecule has 3 N–H and O–H groups in total. The molecule has 100 valence electrons. The zero-order chi connectivity index (χ0) is 13.0. The Morgan fingerprint density at radius 2 is 2.17 bits per heavy atom. The van der Waals surface area contributed by atoms with Gasteiger partial charge in [0.05, 0.1) is 13.2 Å². The Morgan fingerprint density at radius 3 is 2.78 bits per heavy atom. The van der Waals surface area contributed by atoms with Gasteiger partial charge in [0.25, 0.3) is 0 Å². The van der Waals surface area contributed by atoms with Crippen LogP contribution in [-0.4, -0.2) is 20.3 Å². The van der Waals surface area contributed by atoms with Gasteiger partial charge in [-0.2, -0.15) is 0 Å². The van der Waals surface area contributed by atoms with Crippen molar-refractivity contribution in [3.05, 3.63) is 28.2 Å². The van der Waals surface area contributed by atoms with Crippen LogP contribution in [0.25, 0.3) is 0 Å². The maximum atomic E-state index is 5.74. The fraction of sp³-hybridized carbons (Fsp3) is 0.538. The molecule has 0 spiro atoms. The first-order valence-electron chi connectivity index (χ1n) is 6.13. The summed E-state index contributed by atoms with van der Waals surface area (Å²) < 4.78 is 11.7. The van der Waals surface area contributed by atoms with Gasteiger partial charge in [-0.15, -0.1) is 0 Å². The molecule has 1 aromatic carbocycles. The van der Waals surface area contributed by atoms with Crippen molar-refractivity contribution >= 4 is 15.9 Å². The predicted octanol–water partition coefficient (Wildman–Crippen LogP) is 2.39. The molecular weight excluding hydrogens is 296 g/mol. The molecule has 0 radical (unpaired) electrons. The van der Waals surface area contributed by atoms with Crippen LogP contribution in [0.4, 0.5) is 0 Å². The molecule has 1 aliphatic rings. The van der Waals surface area contributed by atoms with Gasteiger partial charge in [0.15, 0.2) is 0 Å². The van der Waals surface area contributed by atoms with E-state index >= 15 is 0 Å². The quantitative estimate of drug-likeness (QED) is 0.662. The maximum absolute atomic E-state index is 5.74. The van der Waals surface area contributed by atoms with E-state index in [0.29, 0.717) is 5.92 Å². The highest BCUT2D eigenvalue weighted by atomic mass is 79.9. The molecular formula is C13H19BrN2O2. The Hall–Kier alpha value is -0.620. The molecule has 0 saturated carbocycles. The second kappa shape index (κ2) is 6.52. The molecule has 4 nitrogen and oxygen atoms in total.